The summed E-state index contributed by atoms with van der Waals surface area (Å²) in [5.41, 5.74) is 1.46. The molecule has 130 valence electrons. The fourth-order valence-electron chi connectivity index (χ4n) is 3.39. The quantitative estimate of drug-likeness (QED) is 0.923. The van der Waals surface area contributed by atoms with E-state index in [0.29, 0.717) is 17.5 Å². The van der Waals surface area contributed by atoms with E-state index in [-0.39, 0.29) is 17.7 Å². The van der Waals surface area contributed by atoms with Gasteiger partial charge in [0, 0.05) is 36.3 Å². The Bertz CT molecular complexity index is 604. The Labute approximate surface area is 144 Å². The van der Waals surface area contributed by atoms with Crippen molar-refractivity contribution in [1.29, 1.82) is 0 Å². The fraction of sp³-hybridized carbons (Fsp3) is 0.579. The van der Waals surface area contributed by atoms with Crippen LogP contribution in [0.25, 0.3) is 0 Å². The molecule has 5 heteroatoms. The molecule has 0 radical (unpaired) electrons. The molecule has 0 bridgehead atoms. The maximum absolute atomic E-state index is 12.6. The summed E-state index contributed by atoms with van der Waals surface area (Å²) in [5, 5.41) is 2.93. The van der Waals surface area contributed by atoms with Gasteiger partial charge >= 0.3 is 0 Å². The molecule has 2 aliphatic rings. The number of anilines is 1. The van der Waals surface area contributed by atoms with Crippen LogP contribution in [0.15, 0.2) is 24.3 Å². The van der Waals surface area contributed by atoms with Gasteiger partial charge in [0.15, 0.2) is 0 Å². The summed E-state index contributed by atoms with van der Waals surface area (Å²) in [4.78, 5) is 28.7. The molecule has 0 spiro atoms. The number of amides is 2. The lowest BCUT2D eigenvalue weighted by atomic mass is 10.0. The number of carbonyl (C=O) groups excluding carboxylic acids is 2. The lowest BCUT2D eigenvalue weighted by Crippen LogP contribution is -2.44. The minimum atomic E-state index is 0.0842. The van der Waals surface area contributed by atoms with E-state index in [1.807, 2.05) is 29.2 Å². The molecule has 2 amide bonds. The molecule has 1 aromatic carbocycles. The van der Waals surface area contributed by atoms with Crippen molar-refractivity contribution in [2.75, 3.05) is 32.5 Å². The first-order valence-corrected chi connectivity index (χ1v) is 8.82. The summed E-state index contributed by atoms with van der Waals surface area (Å²) in [7, 11) is 4.19. The van der Waals surface area contributed by atoms with Crippen LogP contribution in [0.4, 0.5) is 5.69 Å². The molecule has 5 nitrogen and oxygen atoms in total. The van der Waals surface area contributed by atoms with E-state index in [1.54, 1.807) is 0 Å². The Morgan fingerprint density at radius 2 is 1.71 bits per heavy atom. The highest BCUT2D eigenvalue weighted by Gasteiger charge is 2.39. The normalized spacial score (nSPS) is 24.1. The van der Waals surface area contributed by atoms with Crippen molar-refractivity contribution in [3.05, 3.63) is 29.8 Å². The van der Waals surface area contributed by atoms with Crippen LogP contribution in [-0.4, -0.2) is 54.8 Å². The molecular weight excluding hydrogens is 302 g/mol. The molecule has 3 rings (SSSR count). The number of carbonyl (C=O) groups is 2. The molecule has 1 aliphatic heterocycles. The van der Waals surface area contributed by atoms with Crippen LogP contribution in [0.1, 0.15) is 36.5 Å². The molecule has 1 saturated carbocycles. The zero-order valence-electron chi connectivity index (χ0n) is 14.8. The van der Waals surface area contributed by atoms with Crippen molar-refractivity contribution in [3.8, 4) is 0 Å². The van der Waals surface area contributed by atoms with Gasteiger partial charge in [-0.1, -0.05) is 6.92 Å². The van der Waals surface area contributed by atoms with Crippen molar-refractivity contribution in [2.45, 2.75) is 32.2 Å². The predicted octanol–water partition coefficient (Wildman–Crippen LogP) is 2.45. The van der Waals surface area contributed by atoms with Crippen LogP contribution >= 0.6 is 0 Å². The van der Waals surface area contributed by atoms with Crippen molar-refractivity contribution >= 4 is 17.5 Å². The van der Waals surface area contributed by atoms with Gasteiger partial charge in [0.2, 0.25) is 5.91 Å². The van der Waals surface area contributed by atoms with Crippen molar-refractivity contribution in [1.82, 2.24) is 9.80 Å². The Balaban J connectivity index is 1.55. The van der Waals surface area contributed by atoms with Gasteiger partial charge in [0.05, 0.1) is 0 Å². The van der Waals surface area contributed by atoms with E-state index < -0.39 is 0 Å². The SMILES string of the molecule is C[C@@H]1C[C@H]1C(=O)Nc1ccc(C(=O)N2CCC(N(C)C)CC2)cc1. The fourth-order valence-corrected chi connectivity index (χ4v) is 3.39. The minimum Gasteiger partial charge on any atom is -0.339 e. The van der Waals surface area contributed by atoms with Gasteiger partial charge in [-0.3, -0.25) is 9.59 Å². The van der Waals surface area contributed by atoms with Gasteiger partial charge in [0.1, 0.15) is 0 Å². The largest absolute Gasteiger partial charge is 0.339 e. The minimum absolute atomic E-state index is 0.0842. The van der Waals surface area contributed by atoms with Gasteiger partial charge in [-0.05, 0) is 63.5 Å². The molecule has 1 aromatic rings. The number of hydrogen-bond acceptors (Lipinski definition) is 3. The van der Waals surface area contributed by atoms with Crippen molar-refractivity contribution in [2.24, 2.45) is 11.8 Å². The Morgan fingerprint density at radius 3 is 2.21 bits per heavy atom. The third-order valence-corrected chi connectivity index (χ3v) is 5.33. The lowest BCUT2D eigenvalue weighted by Gasteiger charge is -2.35. The Kier molecular flexibility index (Phi) is 4.90. The molecule has 1 heterocycles. The summed E-state index contributed by atoms with van der Waals surface area (Å²) < 4.78 is 0. The third-order valence-electron chi connectivity index (χ3n) is 5.33. The van der Waals surface area contributed by atoms with Crippen molar-refractivity contribution < 1.29 is 9.59 Å². The Morgan fingerprint density at radius 1 is 1.12 bits per heavy atom. The maximum Gasteiger partial charge on any atom is 0.253 e. The number of piperidine rings is 1. The van der Waals surface area contributed by atoms with E-state index in [2.05, 4.69) is 31.2 Å². The number of nitrogens with one attached hydrogen (secondary N) is 1. The van der Waals surface area contributed by atoms with E-state index in [4.69, 9.17) is 0 Å². The molecule has 1 N–H and O–H groups in total. The number of rotatable bonds is 4. The van der Waals surface area contributed by atoms with Gasteiger partial charge in [-0.2, -0.15) is 0 Å². The smallest absolute Gasteiger partial charge is 0.253 e. The summed E-state index contributed by atoms with van der Waals surface area (Å²) in [6.07, 6.45) is 3.02. The first-order valence-electron chi connectivity index (χ1n) is 8.82. The van der Waals surface area contributed by atoms with Gasteiger partial charge in [-0.15, -0.1) is 0 Å². The second-order valence-corrected chi connectivity index (χ2v) is 7.37. The average molecular weight is 329 g/mol. The van der Waals surface area contributed by atoms with Crippen LogP contribution in [0.5, 0.6) is 0 Å². The molecule has 0 unspecified atom stereocenters. The molecular formula is C19H27N3O2. The molecule has 2 fully saturated rings. The first-order chi connectivity index (χ1) is 11.5. The van der Waals surface area contributed by atoms with Crippen LogP contribution < -0.4 is 5.32 Å². The summed E-state index contributed by atoms with van der Waals surface area (Å²) in [5.74, 6) is 0.827. The monoisotopic (exact) mass is 329 g/mol. The summed E-state index contributed by atoms with van der Waals surface area (Å²) in [6.45, 7) is 3.70. The van der Waals surface area contributed by atoms with Crippen LogP contribution in [0.3, 0.4) is 0 Å². The highest BCUT2D eigenvalue weighted by atomic mass is 16.2. The van der Waals surface area contributed by atoms with Gasteiger partial charge in [-0.25, -0.2) is 0 Å². The number of hydrogen-bond donors (Lipinski definition) is 1. The summed E-state index contributed by atoms with van der Waals surface area (Å²) in [6, 6.07) is 7.84. The van der Waals surface area contributed by atoms with E-state index >= 15 is 0 Å². The standard InChI is InChI=1S/C19H27N3O2/c1-13-12-17(13)18(23)20-15-6-4-14(5-7-15)19(24)22-10-8-16(9-11-22)21(2)3/h4-7,13,16-17H,8-12H2,1-3H3,(H,20,23)/t13-,17-/m1/s1. The second-order valence-electron chi connectivity index (χ2n) is 7.37. The number of nitrogens with zero attached hydrogens (tertiary/aromatic N) is 2. The second kappa shape index (κ2) is 6.93. The van der Waals surface area contributed by atoms with Crippen LogP contribution in [0.2, 0.25) is 0 Å². The molecule has 24 heavy (non-hydrogen) atoms. The van der Waals surface area contributed by atoms with Crippen molar-refractivity contribution in [3.63, 3.8) is 0 Å². The first kappa shape index (κ1) is 17.0. The number of benzene rings is 1. The molecule has 1 aliphatic carbocycles. The zero-order chi connectivity index (χ0) is 17.3. The molecule has 1 saturated heterocycles. The Hall–Kier alpha value is -1.88. The van der Waals surface area contributed by atoms with Crippen LogP contribution in [-0.2, 0) is 4.79 Å². The summed E-state index contributed by atoms with van der Waals surface area (Å²) >= 11 is 0. The third kappa shape index (κ3) is 3.78. The topological polar surface area (TPSA) is 52.7 Å². The molecule has 2 atom stereocenters. The number of likely N-dealkylation sites (tertiary alicyclic amines) is 1. The van der Waals surface area contributed by atoms with E-state index in [1.165, 1.54) is 0 Å². The highest BCUT2D eigenvalue weighted by Crippen LogP contribution is 2.38. The zero-order valence-corrected chi connectivity index (χ0v) is 14.8. The van der Waals surface area contributed by atoms with E-state index in [0.717, 1.165) is 38.0 Å². The average Bonchev–Trinajstić information content (AvgIpc) is 3.32. The lowest BCUT2D eigenvalue weighted by molar-refractivity contribution is -0.117. The maximum atomic E-state index is 12.6. The van der Waals surface area contributed by atoms with Crippen LogP contribution in [0, 0.1) is 11.8 Å². The molecule has 0 aromatic heterocycles. The van der Waals surface area contributed by atoms with E-state index in [9.17, 15) is 9.59 Å². The predicted molar refractivity (Wildman–Crippen MR) is 95.0 cm³/mol. The van der Waals surface area contributed by atoms with Gasteiger partial charge in [0.25, 0.3) is 5.91 Å². The van der Waals surface area contributed by atoms with Gasteiger partial charge < -0.3 is 15.1 Å². The highest BCUT2D eigenvalue weighted by molar-refractivity contribution is 5.97.